The summed E-state index contributed by atoms with van der Waals surface area (Å²) in [5, 5.41) is 0. The summed E-state index contributed by atoms with van der Waals surface area (Å²) in [6, 6.07) is 0.333. The maximum Gasteiger partial charge on any atom is 0.205 e. The molecule has 3 N–H and O–H groups in total. The molecule has 0 saturated carbocycles. The van der Waals surface area contributed by atoms with E-state index in [1.54, 1.807) is 7.11 Å². The van der Waals surface area contributed by atoms with Crippen molar-refractivity contribution in [2.45, 2.75) is 26.8 Å². The Bertz CT molecular complexity index is 342. The summed E-state index contributed by atoms with van der Waals surface area (Å²) in [4.78, 5) is 10.4. The summed E-state index contributed by atoms with van der Waals surface area (Å²) in [7, 11) is 1.58. The topological polar surface area (TPSA) is 76.3 Å². The molecule has 0 bridgehead atoms. The van der Waals surface area contributed by atoms with Crippen molar-refractivity contribution in [1.29, 1.82) is 0 Å². The van der Waals surface area contributed by atoms with Gasteiger partial charge in [0.2, 0.25) is 5.75 Å². The van der Waals surface area contributed by atoms with Crippen molar-refractivity contribution >= 4 is 11.6 Å². The summed E-state index contributed by atoms with van der Waals surface area (Å²) in [6.07, 6.45) is 1.47. The molecule has 0 atom stereocenters. The molecule has 6 nitrogen and oxygen atoms in total. The van der Waals surface area contributed by atoms with E-state index in [0.29, 0.717) is 17.6 Å². The molecule has 1 aromatic heterocycles. The zero-order valence-electron chi connectivity index (χ0n) is 10.2. The van der Waals surface area contributed by atoms with Crippen LogP contribution in [0.4, 0.5) is 11.6 Å². The Morgan fingerprint density at radius 3 is 2.62 bits per heavy atom. The number of nitrogen functional groups attached to an aromatic ring is 1. The van der Waals surface area contributed by atoms with Crippen molar-refractivity contribution in [1.82, 2.24) is 9.97 Å². The number of nitrogens with one attached hydrogen (secondary N) is 1. The number of nitrogens with zero attached hydrogens (tertiary/aromatic N) is 3. The molecule has 0 saturated heterocycles. The van der Waals surface area contributed by atoms with Crippen molar-refractivity contribution in [2.75, 3.05) is 24.0 Å². The summed E-state index contributed by atoms with van der Waals surface area (Å²) in [5.74, 6) is 7.19. The monoisotopic (exact) mass is 225 g/mol. The van der Waals surface area contributed by atoms with Gasteiger partial charge in [-0.3, -0.25) is 0 Å². The Balaban J connectivity index is 3.20. The number of hydrazine groups is 1. The van der Waals surface area contributed by atoms with Gasteiger partial charge in [0.25, 0.3) is 0 Å². The highest BCUT2D eigenvalue weighted by Crippen LogP contribution is 2.31. The van der Waals surface area contributed by atoms with Crippen molar-refractivity contribution in [3.05, 3.63) is 6.33 Å². The average molecular weight is 225 g/mol. The molecule has 1 heterocycles. The molecule has 90 valence electrons. The van der Waals surface area contributed by atoms with Gasteiger partial charge in [-0.2, -0.15) is 0 Å². The Morgan fingerprint density at radius 1 is 1.50 bits per heavy atom. The third-order valence-electron chi connectivity index (χ3n) is 2.36. The van der Waals surface area contributed by atoms with E-state index < -0.39 is 0 Å². The highest BCUT2D eigenvalue weighted by molar-refractivity contribution is 5.64. The molecule has 0 radical (unpaired) electrons. The second-order valence-electron chi connectivity index (χ2n) is 3.60. The van der Waals surface area contributed by atoms with Crippen LogP contribution < -0.4 is 20.9 Å². The minimum atomic E-state index is 0.333. The fourth-order valence-corrected chi connectivity index (χ4v) is 1.62. The Kier molecular flexibility index (Phi) is 4.30. The van der Waals surface area contributed by atoms with Gasteiger partial charge in [0.15, 0.2) is 11.6 Å². The second kappa shape index (κ2) is 5.50. The highest BCUT2D eigenvalue weighted by atomic mass is 16.5. The van der Waals surface area contributed by atoms with Crippen molar-refractivity contribution in [3.8, 4) is 5.75 Å². The van der Waals surface area contributed by atoms with Crippen LogP contribution in [0, 0.1) is 0 Å². The van der Waals surface area contributed by atoms with Crippen molar-refractivity contribution < 1.29 is 4.74 Å². The molecule has 16 heavy (non-hydrogen) atoms. The molecule has 1 aromatic rings. The normalized spacial score (nSPS) is 10.4. The van der Waals surface area contributed by atoms with Gasteiger partial charge in [-0.05, 0) is 20.8 Å². The van der Waals surface area contributed by atoms with Crippen LogP contribution in [0.5, 0.6) is 5.75 Å². The molecule has 0 aromatic carbocycles. The lowest BCUT2D eigenvalue weighted by Crippen LogP contribution is -2.31. The van der Waals surface area contributed by atoms with Crippen molar-refractivity contribution in [3.63, 3.8) is 0 Å². The summed E-state index contributed by atoms with van der Waals surface area (Å²) >= 11 is 0. The average Bonchev–Trinajstić information content (AvgIpc) is 2.29. The van der Waals surface area contributed by atoms with E-state index in [-0.39, 0.29) is 0 Å². The number of ether oxygens (including phenoxy) is 1. The first-order valence-electron chi connectivity index (χ1n) is 5.27. The molecule has 0 unspecified atom stereocenters. The van der Waals surface area contributed by atoms with Crippen LogP contribution in [0.15, 0.2) is 6.33 Å². The quantitative estimate of drug-likeness (QED) is 0.575. The van der Waals surface area contributed by atoms with Crippen LogP contribution in [0.25, 0.3) is 0 Å². The van der Waals surface area contributed by atoms with Gasteiger partial charge in [0.05, 0.1) is 7.11 Å². The Hall–Kier alpha value is -1.56. The van der Waals surface area contributed by atoms with E-state index in [2.05, 4.69) is 41.1 Å². The van der Waals surface area contributed by atoms with Gasteiger partial charge in [-0.1, -0.05) is 0 Å². The fraction of sp³-hybridized carbons (Fsp3) is 0.600. The van der Waals surface area contributed by atoms with Crippen LogP contribution in [-0.4, -0.2) is 29.7 Å². The van der Waals surface area contributed by atoms with E-state index in [1.807, 2.05) is 0 Å². The number of rotatable bonds is 5. The first-order valence-corrected chi connectivity index (χ1v) is 5.27. The maximum absolute atomic E-state index is 5.37. The lowest BCUT2D eigenvalue weighted by Gasteiger charge is -2.27. The fourth-order valence-electron chi connectivity index (χ4n) is 1.62. The zero-order valence-corrected chi connectivity index (χ0v) is 10.2. The van der Waals surface area contributed by atoms with Gasteiger partial charge in [-0.15, -0.1) is 0 Å². The lowest BCUT2D eigenvalue weighted by molar-refractivity contribution is 0.411. The van der Waals surface area contributed by atoms with Crippen LogP contribution in [0.1, 0.15) is 20.8 Å². The molecule has 0 aliphatic carbocycles. The highest BCUT2D eigenvalue weighted by Gasteiger charge is 2.18. The number of hydrogen-bond acceptors (Lipinski definition) is 6. The van der Waals surface area contributed by atoms with E-state index in [1.165, 1.54) is 6.33 Å². The minimum Gasteiger partial charge on any atom is -0.490 e. The number of aromatic nitrogens is 2. The smallest absolute Gasteiger partial charge is 0.205 e. The van der Waals surface area contributed by atoms with Crippen molar-refractivity contribution in [2.24, 2.45) is 5.84 Å². The predicted molar refractivity (Wildman–Crippen MR) is 64.6 cm³/mol. The van der Waals surface area contributed by atoms with Crippen LogP contribution >= 0.6 is 0 Å². The maximum atomic E-state index is 5.37. The first kappa shape index (κ1) is 12.5. The molecular weight excluding hydrogens is 206 g/mol. The van der Waals surface area contributed by atoms with E-state index in [9.17, 15) is 0 Å². The minimum absolute atomic E-state index is 0.333. The van der Waals surface area contributed by atoms with Gasteiger partial charge in [0, 0.05) is 12.6 Å². The van der Waals surface area contributed by atoms with E-state index >= 15 is 0 Å². The van der Waals surface area contributed by atoms with Gasteiger partial charge in [0.1, 0.15) is 6.33 Å². The van der Waals surface area contributed by atoms with E-state index in [4.69, 9.17) is 10.6 Å². The van der Waals surface area contributed by atoms with Crippen LogP contribution in [-0.2, 0) is 0 Å². The zero-order chi connectivity index (χ0) is 12.1. The molecule has 6 heteroatoms. The van der Waals surface area contributed by atoms with E-state index in [0.717, 1.165) is 12.4 Å². The standard InChI is InChI=1S/C10H19N5O/c1-5-15(7(2)3)10-8(16-4)9(14-11)12-6-13-10/h6-7H,5,11H2,1-4H3,(H,12,13,14). The largest absolute Gasteiger partial charge is 0.490 e. The molecule has 0 fully saturated rings. The molecule has 1 rings (SSSR count). The van der Waals surface area contributed by atoms with Gasteiger partial charge >= 0.3 is 0 Å². The SMILES string of the molecule is CCN(c1ncnc(NN)c1OC)C(C)C. The number of hydrogen-bond donors (Lipinski definition) is 2. The number of anilines is 2. The molecule has 0 aliphatic heterocycles. The summed E-state index contributed by atoms with van der Waals surface area (Å²) in [5.41, 5.74) is 2.50. The van der Waals surface area contributed by atoms with Crippen LogP contribution in [0.3, 0.4) is 0 Å². The summed E-state index contributed by atoms with van der Waals surface area (Å²) in [6.45, 7) is 7.10. The number of nitrogens with two attached hydrogens (primary N) is 1. The van der Waals surface area contributed by atoms with Gasteiger partial charge in [-0.25, -0.2) is 15.8 Å². The molecule has 0 spiro atoms. The Labute approximate surface area is 95.8 Å². The lowest BCUT2D eigenvalue weighted by atomic mass is 10.3. The Morgan fingerprint density at radius 2 is 2.19 bits per heavy atom. The molecule has 0 amide bonds. The predicted octanol–water partition coefficient (Wildman–Crippen LogP) is 1.01. The van der Waals surface area contributed by atoms with Gasteiger partial charge < -0.3 is 15.1 Å². The summed E-state index contributed by atoms with van der Waals surface area (Å²) < 4.78 is 5.29. The molecular formula is C10H19N5O. The first-order chi connectivity index (χ1) is 7.65. The van der Waals surface area contributed by atoms with Crippen LogP contribution in [0.2, 0.25) is 0 Å². The third kappa shape index (κ3) is 2.33. The number of methoxy groups -OCH3 is 1. The molecule has 0 aliphatic rings. The second-order valence-corrected chi connectivity index (χ2v) is 3.60. The third-order valence-corrected chi connectivity index (χ3v) is 2.36.